The highest BCUT2D eigenvalue weighted by atomic mass is 19.4. The van der Waals surface area contributed by atoms with Crippen molar-refractivity contribution >= 4 is 17.5 Å². The number of hydrogen-bond acceptors (Lipinski definition) is 3. The highest BCUT2D eigenvalue weighted by Gasteiger charge is 2.31. The van der Waals surface area contributed by atoms with Crippen molar-refractivity contribution in [1.29, 1.82) is 0 Å². The van der Waals surface area contributed by atoms with Crippen molar-refractivity contribution < 1.29 is 22.8 Å². The molecule has 5 nitrogen and oxygen atoms in total. The fourth-order valence-electron chi connectivity index (χ4n) is 1.64. The van der Waals surface area contributed by atoms with E-state index in [-0.39, 0.29) is 24.6 Å². The molecule has 0 fully saturated rings. The van der Waals surface area contributed by atoms with E-state index in [4.69, 9.17) is 0 Å². The van der Waals surface area contributed by atoms with Gasteiger partial charge in [-0.05, 0) is 18.2 Å². The van der Waals surface area contributed by atoms with E-state index < -0.39 is 17.6 Å². The molecule has 3 N–H and O–H groups in total. The molecule has 0 unspecified atom stereocenters. The third-order valence-corrected chi connectivity index (χ3v) is 2.65. The van der Waals surface area contributed by atoms with Crippen molar-refractivity contribution in [3.8, 4) is 0 Å². The third kappa shape index (κ3) is 4.97. The summed E-state index contributed by atoms with van der Waals surface area (Å²) >= 11 is 0. The summed E-state index contributed by atoms with van der Waals surface area (Å²) in [5.41, 5.74) is -0.705. The van der Waals surface area contributed by atoms with Crippen molar-refractivity contribution in [2.75, 3.05) is 25.5 Å². The van der Waals surface area contributed by atoms with Crippen LogP contribution in [-0.4, -0.2) is 32.0 Å². The molecule has 21 heavy (non-hydrogen) atoms. The number of halogens is 3. The minimum absolute atomic E-state index is 0.102. The summed E-state index contributed by atoms with van der Waals surface area (Å²) in [5.74, 6) is -0.893. The number of benzene rings is 1. The van der Waals surface area contributed by atoms with Crippen molar-refractivity contribution in [3.63, 3.8) is 0 Å². The van der Waals surface area contributed by atoms with Crippen LogP contribution in [0, 0.1) is 0 Å². The zero-order valence-corrected chi connectivity index (χ0v) is 11.6. The summed E-state index contributed by atoms with van der Waals surface area (Å²) in [6.45, 7) is 1.65. The van der Waals surface area contributed by atoms with Crippen molar-refractivity contribution in [1.82, 2.24) is 10.6 Å². The fraction of sp³-hybridized carbons (Fsp3) is 0.385. The predicted molar refractivity (Wildman–Crippen MR) is 72.0 cm³/mol. The number of carbonyl (C=O) groups is 2. The van der Waals surface area contributed by atoms with Gasteiger partial charge in [-0.1, -0.05) is 0 Å². The van der Waals surface area contributed by atoms with Crippen LogP contribution in [0.15, 0.2) is 18.2 Å². The molecular formula is C13H16F3N3O2. The van der Waals surface area contributed by atoms with Crippen LogP contribution in [0.2, 0.25) is 0 Å². The molecular weight excluding hydrogens is 287 g/mol. The molecule has 1 aromatic carbocycles. The molecule has 0 saturated carbocycles. The topological polar surface area (TPSA) is 70.2 Å². The minimum atomic E-state index is -4.52. The van der Waals surface area contributed by atoms with Gasteiger partial charge in [0.1, 0.15) is 0 Å². The Hall–Kier alpha value is -2.25. The Morgan fingerprint density at radius 3 is 2.29 bits per heavy atom. The Bertz CT molecular complexity index is 530. The quantitative estimate of drug-likeness (QED) is 0.724. The fourth-order valence-corrected chi connectivity index (χ4v) is 1.64. The van der Waals surface area contributed by atoms with Gasteiger partial charge in [0.2, 0.25) is 5.91 Å². The monoisotopic (exact) mass is 303 g/mol. The van der Waals surface area contributed by atoms with Gasteiger partial charge in [0, 0.05) is 32.7 Å². The van der Waals surface area contributed by atoms with Gasteiger partial charge in [0.05, 0.1) is 11.1 Å². The van der Waals surface area contributed by atoms with Gasteiger partial charge in [-0.25, -0.2) is 0 Å². The molecule has 0 aliphatic heterocycles. The SMILES string of the molecule is CNc1ccc(C(F)(F)F)cc1C(=O)NCCNC(C)=O. The molecule has 0 aliphatic rings. The number of alkyl halides is 3. The van der Waals surface area contributed by atoms with Gasteiger partial charge in [-0.2, -0.15) is 13.2 Å². The van der Waals surface area contributed by atoms with Crippen LogP contribution < -0.4 is 16.0 Å². The molecule has 0 bridgehead atoms. The average molecular weight is 303 g/mol. The molecule has 0 atom stereocenters. The number of nitrogens with one attached hydrogen (secondary N) is 3. The molecule has 0 aliphatic carbocycles. The van der Waals surface area contributed by atoms with Gasteiger partial charge < -0.3 is 16.0 Å². The molecule has 0 saturated heterocycles. The summed E-state index contributed by atoms with van der Waals surface area (Å²) in [5, 5.41) is 7.58. The molecule has 0 spiro atoms. The van der Waals surface area contributed by atoms with Gasteiger partial charge >= 0.3 is 6.18 Å². The first-order chi connectivity index (χ1) is 9.75. The number of anilines is 1. The summed E-state index contributed by atoms with van der Waals surface area (Å²) in [6, 6.07) is 2.89. The molecule has 0 aromatic heterocycles. The van der Waals surface area contributed by atoms with E-state index in [9.17, 15) is 22.8 Å². The standard InChI is InChI=1S/C13H16F3N3O2/c1-8(20)18-5-6-19-12(21)10-7-9(13(14,15)16)3-4-11(10)17-2/h3-4,7,17H,5-6H2,1-2H3,(H,18,20)(H,19,21). The van der Waals surface area contributed by atoms with Crippen LogP contribution in [-0.2, 0) is 11.0 Å². The molecule has 0 heterocycles. The van der Waals surface area contributed by atoms with Crippen LogP contribution >= 0.6 is 0 Å². The van der Waals surface area contributed by atoms with Crippen molar-refractivity contribution in [2.45, 2.75) is 13.1 Å². The van der Waals surface area contributed by atoms with E-state index in [1.54, 1.807) is 0 Å². The highest BCUT2D eigenvalue weighted by molar-refractivity contribution is 5.99. The lowest BCUT2D eigenvalue weighted by Crippen LogP contribution is -2.34. The maximum Gasteiger partial charge on any atom is 0.416 e. The van der Waals surface area contributed by atoms with Gasteiger partial charge in [0.15, 0.2) is 0 Å². The molecule has 0 radical (unpaired) electrons. The first-order valence-corrected chi connectivity index (χ1v) is 6.17. The molecule has 8 heteroatoms. The second-order valence-electron chi connectivity index (χ2n) is 4.25. The first kappa shape index (κ1) is 16.8. The Labute approximate surface area is 119 Å². The molecule has 1 aromatic rings. The van der Waals surface area contributed by atoms with E-state index in [0.29, 0.717) is 5.69 Å². The van der Waals surface area contributed by atoms with Gasteiger partial charge in [-0.15, -0.1) is 0 Å². The predicted octanol–water partition coefficient (Wildman–Crippen LogP) is 1.61. The number of amides is 2. The first-order valence-electron chi connectivity index (χ1n) is 6.17. The smallest absolute Gasteiger partial charge is 0.387 e. The van der Waals surface area contributed by atoms with Crippen LogP contribution in [0.25, 0.3) is 0 Å². The van der Waals surface area contributed by atoms with E-state index in [2.05, 4.69) is 16.0 Å². The van der Waals surface area contributed by atoms with E-state index in [1.165, 1.54) is 20.0 Å². The zero-order chi connectivity index (χ0) is 16.0. The lowest BCUT2D eigenvalue weighted by molar-refractivity contribution is -0.137. The number of carbonyl (C=O) groups excluding carboxylic acids is 2. The van der Waals surface area contributed by atoms with Gasteiger partial charge in [0.25, 0.3) is 5.91 Å². The summed E-state index contributed by atoms with van der Waals surface area (Å²) < 4.78 is 38.0. The summed E-state index contributed by atoms with van der Waals surface area (Å²) in [7, 11) is 1.51. The van der Waals surface area contributed by atoms with Crippen molar-refractivity contribution in [3.05, 3.63) is 29.3 Å². The maximum absolute atomic E-state index is 12.7. The van der Waals surface area contributed by atoms with E-state index in [0.717, 1.165) is 12.1 Å². The third-order valence-electron chi connectivity index (χ3n) is 2.65. The lowest BCUT2D eigenvalue weighted by atomic mass is 10.1. The highest BCUT2D eigenvalue weighted by Crippen LogP contribution is 2.31. The number of rotatable bonds is 5. The Morgan fingerprint density at radius 1 is 1.14 bits per heavy atom. The van der Waals surface area contributed by atoms with Crippen LogP contribution in [0.3, 0.4) is 0 Å². The van der Waals surface area contributed by atoms with E-state index in [1.807, 2.05) is 0 Å². The second-order valence-corrected chi connectivity index (χ2v) is 4.25. The second kappa shape index (κ2) is 6.96. The lowest BCUT2D eigenvalue weighted by Gasteiger charge is -2.13. The summed E-state index contributed by atoms with van der Waals surface area (Å²) in [6.07, 6.45) is -4.52. The molecule has 2 amide bonds. The number of hydrogen-bond donors (Lipinski definition) is 3. The Morgan fingerprint density at radius 2 is 1.76 bits per heavy atom. The van der Waals surface area contributed by atoms with Crippen molar-refractivity contribution in [2.24, 2.45) is 0 Å². The Balaban J connectivity index is 2.83. The van der Waals surface area contributed by atoms with E-state index >= 15 is 0 Å². The largest absolute Gasteiger partial charge is 0.416 e. The van der Waals surface area contributed by atoms with Gasteiger partial charge in [-0.3, -0.25) is 9.59 Å². The maximum atomic E-state index is 12.7. The van der Waals surface area contributed by atoms with Crippen LogP contribution in [0.1, 0.15) is 22.8 Å². The summed E-state index contributed by atoms with van der Waals surface area (Å²) in [4.78, 5) is 22.6. The average Bonchev–Trinajstić information content (AvgIpc) is 2.41. The minimum Gasteiger partial charge on any atom is -0.387 e. The zero-order valence-electron chi connectivity index (χ0n) is 11.6. The van der Waals surface area contributed by atoms with Crippen LogP contribution in [0.4, 0.5) is 18.9 Å². The molecule has 1 rings (SSSR count). The normalized spacial score (nSPS) is 10.9. The van der Waals surface area contributed by atoms with Crippen LogP contribution in [0.5, 0.6) is 0 Å². The molecule has 116 valence electrons. The Kier molecular flexibility index (Phi) is 5.57.